The van der Waals surface area contributed by atoms with Crippen LogP contribution in [0.5, 0.6) is 11.5 Å². The lowest BCUT2D eigenvalue weighted by molar-refractivity contribution is 0.242. The molecule has 0 radical (unpaired) electrons. The summed E-state index contributed by atoms with van der Waals surface area (Å²) in [5.41, 5.74) is 0.855. The molecule has 1 N–H and O–H groups in total. The van der Waals surface area contributed by atoms with Crippen LogP contribution in [0.15, 0.2) is 18.2 Å². The van der Waals surface area contributed by atoms with Gasteiger partial charge in [0.15, 0.2) is 11.5 Å². The van der Waals surface area contributed by atoms with E-state index in [1.807, 2.05) is 18.2 Å². The molecule has 2 fully saturated rings. The van der Waals surface area contributed by atoms with Gasteiger partial charge in [0.1, 0.15) is 0 Å². The number of amides is 2. The summed E-state index contributed by atoms with van der Waals surface area (Å²) in [5.74, 6) is 3.22. The van der Waals surface area contributed by atoms with Crippen molar-refractivity contribution < 1.29 is 14.3 Å². The van der Waals surface area contributed by atoms with E-state index in [4.69, 9.17) is 9.47 Å². The predicted molar refractivity (Wildman–Crippen MR) is 90.4 cm³/mol. The fourth-order valence-electron chi connectivity index (χ4n) is 3.15. The minimum absolute atomic E-state index is 0.0462. The van der Waals surface area contributed by atoms with Crippen LogP contribution in [0, 0.1) is 11.8 Å². The van der Waals surface area contributed by atoms with Crippen LogP contribution in [0.25, 0.3) is 0 Å². The Balaban J connectivity index is 1.62. The van der Waals surface area contributed by atoms with Crippen molar-refractivity contribution >= 4 is 11.7 Å². The van der Waals surface area contributed by atoms with E-state index in [1.165, 1.54) is 12.8 Å². The second-order valence-electron chi connectivity index (χ2n) is 6.54. The van der Waals surface area contributed by atoms with Crippen LogP contribution in [0.2, 0.25) is 0 Å². The van der Waals surface area contributed by atoms with Gasteiger partial charge in [-0.25, -0.2) is 4.79 Å². The summed E-state index contributed by atoms with van der Waals surface area (Å²) in [7, 11) is 1.64. The van der Waals surface area contributed by atoms with Crippen LogP contribution >= 0.6 is 0 Å². The van der Waals surface area contributed by atoms with Gasteiger partial charge in [0, 0.05) is 24.8 Å². The van der Waals surface area contributed by atoms with Crippen LogP contribution < -0.4 is 19.7 Å². The summed E-state index contributed by atoms with van der Waals surface area (Å²) in [5, 5.41) is 2.87. The summed E-state index contributed by atoms with van der Waals surface area (Å²) in [6, 6.07) is 5.64. The molecule has 5 heteroatoms. The highest BCUT2D eigenvalue weighted by molar-refractivity contribution is 5.93. The van der Waals surface area contributed by atoms with Crippen molar-refractivity contribution in [2.45, 2.75) is 32.6 Å². The number of rotatable bonds is 7. The number of ether oxygens (including phenoxy) is 2. The molecule has 1 saturated heterocycles. The quantitative estimate of drug-likeness (QED) is 0.784. The second-order valence-corrected chi connectivity index (χ2v) is 6.54. The van der Waals surface area contributed by atoms with E-state index in [9.17, 15) is 4.79 Å². The maximum atomic E-state index is 12.0. The zero-order valence-corrected chi connectivity index (χ0v) is 14.0. The molecule has 0 unspecified atom stereocenters. The highest BCUT2D eigenvalue weighted by atomic mass is 16.5. The van der Waals surface area contributed by atoms with Gasteiger partial charge in [-0.05, 0) is 49.7 Å². The standard InChI is InChI=1S/C18H26N2O3/c1-13-11-14(13)5-3-10-23-17-12-15(6-7-16(17)22-2)20-9-4-8-19-18(20)21/h6-7,12-14H,3-5,8-11H2,1-2H3,(H,19,21)/t13-,14-/m0/s1. The Morgan fingerprint density at radius 3 is 2.87 bits per heavy atom. The lowest BCUT2D eigenvalue weighted by atomic mass is 10.2. The van der Waals surface area contributed by atoms with Crippen molar-refractivity contribution in [1.29, 1.82) is 0 Å². The van der Waals surface area contributed by atoms with Crippen molar-refractivity contribution in [3.8, 4) is 11.5 Å². The summed E-state index contributed by atoms with van der Waals surface area (Å²) >= 11 is 0. The van der Waals surface area contributed by atoms with Crippen molar-refractivity contribution in [1.82, 2.24) is 5.32 Å². The number of methoxy groups -OCH3 is 1. The molecule has 126 valence electrons. The molecule has 0 aromatic heterocycles. The Morgan fingerprint density at radius 2 is 2.17 bits per heavy atom. The average Bonchev–Trinajstić information content (AvgIpc) is 3.27. The van der Waals surface area contributed by atoms with Gasteiger partial charge in [-0.2, -0.15) is 0 Å². The molecule has 1 aromatic carbocycles. The van der Waals surface area contributed by atoms with Crippen LogP contribution in [-0.2, 0) is 0 Å². The van der Waals surface area contributed by atoms with Gasteiger partial charge in [0.2, 0.25) is 0 Å². The molecule has 23 heavy (non-hydrogen) atoms. The number of hydrogen-bond acceptors (Lipinski definition) is 3. The zero-order chi connectivity index (χ0) is 16.2. The lowest BCUT2D eigenvalue weighted by Gasteiger charge is -2.28. The van der Waals surface area contributed by atoms with Crippen LogP contribution in [0.3, 0.4) is 0 Å². The maximum Gasteiger partial charge on any atom is 0.321 e. The molecule has 5 nitrogen and oxygen atoms in total. The third kappa shape index (κ3) is 3.89. The highest BCUT2D eigenvalue weighted by Crippen LogP contribution is 2.41. The van der Waals surface area contributed by atoms with Crippen LogP contribution in [-0.4, -0.2) is 32.8 Å². The SMILES string of the molecule is COc1ccc(N2CCCNC2=O)cc1OCCC[C@H]1C[C@@H]1C. The van der Waals surface area contributed by atoms with Crippen molar-refractivity contribution in [2.75, 3.05) is 31.7 Å². The molecule has 3 rings (SSSR count). The van der Waals surface area contributed by atoms with Crippen molar-refractivity contribution in [3.05, 3.63) is 18.2 Å². The second kappa shape index (κ2) is 7.11. The number of nitrogens with one attached hydrogen (secondary N) is 1. The first-order valence-electron chi connectivity index (χ1n) is 8.55. The van der Waals surface area contributed by atoms with E-state index in [0.29, 0.717) is 18.1 Å². The number of carbonyl (C=O) groups is 1. The molecule has 0 bridgehead atoms. The predicted octanol–water partition coefficient (Wildman–Crippen LogP) is 3.43. The van der Waals surface area contributed by atoms with Gasteiger partial charge in [-0.3, -0.25) is 4.90 Å². The first kappa shape index (κ1) is 16.0. The number of carbonyl (C=O) groups excluding carboxylic acids is 1. The lowest BCUT2D eigenvalue weighted by Crippen LogP contribution is -2.46. The van der Waals surface area contributed by atoms with Gasteiger partial charge in [-0.15, -0.1) is 0 Å². The molecule has 2 atom stereocenters. The van der Waals surface area contributed by atoms with Gasteiger partial charge in [0.25, 0.3) is 0 Å². The van der Waals surface area contributed by atoms with E-state index >= 15 is 0 Å². The fourth-order valence-corrected chi connectivity index (χ4v) is 3.15. The summed E-state index contributed by atoms with van der Waals surface area (Å²) in [6.07, 6.45) is 4.61. The summed E-state index contributed by atoms with van der Waals surface area (Å²) in [4.78, 5) is 13.7. The van der Waals surface area contributed by atoms with E-state index in [0.717, 1.165) is 43.5 Å². The van der Waals surface area contributed by atoms with Crippen molar-refractivity contribution in [3.63, 3.8) is 0 Å². The largest absolute Gasteiger partial charge is 0.493 e. The highest BCUT2D eigenvalue weighted by Gasteiger charge is 2.31. The number of nitrogens with zero attached hydrogens (tertiary/aromatic N) is 1. The van der Waals surface area contributed by atoms with Gasteiger partial charge in [0.05, 0.1) is 13.7 Å². The normalized spacial score (nSPS) is 23.4. The fraction of sp³-hybridized carbons (Fsp3) is 0.611. The maximum absolute atomic E-state index is 12.0. The molecule has 2 aliphatic rings. The molecule has 1 heterocycles. The Bertz CT molecular complexity index is 561. The Morgan fingerprint density at radius 1 is 1.35 bits per heavy atom. The smallest absolute Gasteiger partial charge is 0.321 e. The molecule has 1 aromatic rings. The van der Waals surface area contributed by atoms with Crippen LogP contribution in [0.4, 0.5) is 10.5 Å². The van der Waals surface area contributed by atoms with Crippen LogP contribution in [0.1, 0.15) is 32.6 Å². The first-order chi connectivity index (χ1) is 11.2. The third-order valence-electron chi connectivity index (χ3n) is 4.79. The van der Waals surface area contributed by atoms with Gasteiger partial charge >= 0.3 is 6.03 Å². The van der Waals surface area contributed by atoms with E-state index < -0.39 is 0 Å². The molecular weight excluding hydrogens is 292 g/mol. The molecule has 1 aliphatic carbocycles. The number of urea groups is 1. The Kier molecular flexibility index (Phi) is 4.94. The van der Waals surface area contributed by atoms with Gasteiger partial charge in [-0.1, -0.05) is 6.92 Å². The molecule has 2 amide bonds. The molecule has 1 aliphatic heterocycles. The van der Waals surface area contributed by atoms with Crippen molar-refractivity contribution in [2.24, 2.45) is 11.8 Å². The minimum Gasteiger partial charge on any atom is -0.493 e. The Labute approximate surface area is 137 Å². The monoisotopic (exact) mass is 318 g/mol. The molecule has 0 spiro atoms. The van der Waals surface area contributed by atoms with E-state index in [2.05, 4.69) is 12.2 Å². The van der Waals surface area contributed by atoms with E-state index in [-0.39, 0.29) is 6.03 Å². The molecular formula is C18H26N2O3. The zero-order valence-electron chi connectivity index (χ0n) is 14.0. The minimum atomic E-state index is -0.0462. The Hall–Kier alpha value is -1.91. The average molecular weight is 318 g/mol. The number of benzene rings is 1. The summed E-state index contributed by atoms with van der Waals surface area (Å²) < 4.78 is 11.3. The van der Waals surface area contributed by atoms with E-state index in [1.54, 1.807) is 12.0 Å². The summed E-state index contributed by atoms with van der Waals surface area (Å²) in [6.45, 7) is 4.47. The molecule has 1 saturated carbocycles. The van der Waals surface area contributed by atoms with Gasteiger partial charge < -0.3 is 14.8 Å². The first-order valence-corrected chi connectivity index (χ1v) is 8.55. The number of anilines is 1. The number of hydrogen-bond donors (Lipinski definition) is 1. The topological polar surface area (TPSA) is 50.8 Å². The third-order valence-corrected chi connectivity index (χ3v) is 4.79.